The van der Waals surface area contributed by atoms with Gasteiger partial charge < -0.3 is 15.1 Å². The summed E-state index contributed by atoms with van der Waals surface area (Å²) in [5.74, 6) is 0.835. The van der Waals surface area contributed by atoms with E-state index >= 15 is 0 Å². The number of aromatic nitrogens is 1. The van der Waals surface area contributed by atoms with Gasteiger partial charge in [0.15, 0.2) is 0 Å². The van der Waals surface area contributed by atoms with Crippen LogP contribution in [0.5, 0.6) is 0 Å². The number of nitrogens with one attached hydrogen (secondary N) is 1. The van der Waals surface area contributed by atoms with Gasteiger partial charge in [-0.1, -0.05) is 15.9 Å². The second kappa shape index (κ2) is 7.32. The standard InChI is InChI=1S/C17H16BrN5O/c18-14-2-4-15(5-3-14)21-17(24)23-9-7-22(8-10-23)16-6-1-13(11-19)12-20-16/h1-6,12H,7-10H2,(H,21,24). The van der Waals surface area contributed by atoms with Gasteiger partial charge in [0.25, 0.3) is 0 Å². The van der Waals surface area contributed by atoms with E-state index in [9.17, 15) is 4.79 Å². The fraction of sp³-hybridized carbons (Fsp3) is 0.235. The molecule has 1 aromatic carbocycles. The molecule has 0 saturated carbocycles. The number of halogens is 1. The minimum Gasteiger partial charge on any atom is -0.353 e. The summed E-state index contributed by atoms with van der Waals surface area (Å²) in [6.45, 7) is 2.69. The van der Waals surface area contributed by atoms with Gasteiger partial charge in [0.1, 0.15) is 11.9 Å². The van der Waals surface area contributed by atoms with Crippen LogP contribution in [0, 0.1) is 11.3 Å². The average Bonchev–Trinajstić information content (AvgIpc) is 2.64. The second-order valence-electron chi connectivity index (χ2n) is 5.43. The van der Waals surface area contributed by atoms with Gasteiger partial charge in [-0.3, -0.25) is 0 Å². The van der Waals surface area contributed by atoms with Gasteiger partial charge in [0.05, 0.1) is 5.56 Å². The molecule has 0 spiro atoms. The van der Waals surface area contributed by atoms with Crippen molar-refractivity contribution in [3.63, 3.8) is 0 Å². The van der Waals surface area contributed by atoms with Crippen molar-refractivity contribution in [1.29, 1.82) is 5.26 Å². The van der Waals surface area contributed by atoms with Crippen LogP contribution in [-0.2, 0) is 0 Å². The van der Waals surface area contributed by atoms with E-state index in [2.05, 4.69) is 37.2 Å². The number of pyridine rings is 1. The van der Waals surface area contributed by atoms with E-state index < -0.39 is 0 Å². The van der Waals surface area contributed by atoms with Crippen molar-refractivity contribution in [1.82, 2.24) is 9.88 Å². The molecule has 3 rings (SSSR count). The minimum absolute atomic E-state index is 0.0928. The van der Waals surface area contributed by atoms with Gasteiger partial charge in [0, 0.05) is 42.5 Å². The molecule has 1 aliphatic rings. The highest BCUT2D eigenvalue weighted by atomic mass is 79.9. The summed E-state index contributed by atoms with van der Waals surface area (Å²) in [7, 11) is 0. The number of benzene rings is 1. The maximum Gasteiger partial charge on any atom is 0.321 e. The van der Waals surface area contributed by atoms with Crippen molar-refractivity contribution in [2.75, 3.05) is 36.4 Å². The van der Waals surface area contributed by atoms with Crippen LogP contribution in [0.1, 0.15) is 5.56 Å². The predicted octanol–water partition coefficient (Wildman–Crippen LogP) is 3.07. The highest BCUT2D eigenvalue weighted by Crippen LogP contribution is 2.17. The lowest BCUT2D eigenvalue weighted by atomic mass is 10.2. The molecule has 122 valence electrons. The number of carbonyl (C=O) groups is 1. The third-order valence-corrected chi connectivity index (χ3v) is 4.39. The number of amides is 2. The molecule has 1 N–H and O–H groups in total. The third-order valence-electron chi connectivity index (χ3n) is 3.86. The molecule has 1 aromatic heterocycles. The van der Waals surface area contributed by atoms with Crippen LogP contribution >= 0.6 is 15.9 Å². The summed E-state index contributed by atoms with van der Waals surface area (Å²) in [5, 5.41) is 11.7. The molecule has 1 saturated heterocycles. The zero-order valence-electron chi connectivity index (χ0n) is 12.9. The quantitative estimate of drug-likeness (QED) is 0.861. The van der Waals surface area contributed by atoms with Gasteiger partial charge in [0.2, 0.25) is 0 Å². The van der Waals surface area contributed by atoms with Crippen molar-refractivity contribution in [3.05, 3.63) is 52.6 Å². The van der Waals surface area contributed by atoms with Crippen LogP contribution in [0.15, 0.2) is 47.1 Å². The van der Waals surface area contributed by atoms with Crippen LogP contribution in [0.4, 0.5) is 16.3 Å². The van der Waals surface area contributed by atoms with Crippen molar-refractivity contribution in [2.45, 2.75) is 0 Å². The molecular formula is C17H16BrN5O. The number of nitrogens with zero attached hydrogens (tertiary/aromatic N) is 4. The molecule has 7 heteroatoms. The first-order chi connectivity index (χ1) is 11.7. The Morgan fingerprint density at radius 1 is 1.12 bits per heavy atom. The first-order valence-corrected chi connectivity index (χ1v) is 8.37. The van der Waals surface area contributed by atoms with Crippen LogP contribution in [0.25, 0.3) is 0 Å². The summed E-state index contributed by atoms with van der Waals surface area (Å²) in [5.41, 5.74) is 1.32. The lowest BCUT2D eigenvalue weighted by Crippen LogP contribution is -2.50. The molecule has 6 nitrogen and oxygen atoms in total. The Labute approximate surface area is 148 Å². The highest BCUT2D eigenvalue weighted by Gasteiger charge is 2.21. The van der Waals surface area contributed by atoms with E-state index in [-0.39, 0.29) is 6.03 Å². The summed E-state index contributed by atoms with van der Waals surface area (Å²) < 4.78 is 0.976. The third kappa shape index (κ3) is 3.84. The number of carbonyl (C=O) groups excluding carboxylic acids is 1. The van der Waals surface area contributed by atoms with Crippen molar-refractivity contribution >= 4 is 33.5 Å². The first kappa shape index (κ1) is 16.3. The smallest absolute Gasteiger partial charge is 0.321 e. The van der Waals surface area contributed by atoms with Crippen LogP contribution < -0.4 is 10.2 Å². The van der Waals surface area contributed by atoms with Crippen molar-refractivity contribution in [3.8, 4) is 6.07 Å². The van der Waals surface area contributed by atoms with Gasteiger partial charge in [-0.05, 0) is 36.4 Å². The Bertz CT molecular complexity index is 746. The lowest BCUT2D eigenvalue weighted by molar-refractivity contribution is 0.208. The summed E-state index contributed by atoms with van der Waals surface area (Å²) in [6, 6.07) is 13.1. The van der Waals surface area contributed by atoms with Gasteiger partial charge in [-0.25, -0.2) is 9.78 Å². The van der Waals surface area contributed by atoms with Crippen molar-refractivity contribution in [2.24, 2.45) is 0 Å². The Hall–Kier alpha value is -2.59. The van der Waals surface area contributed by atoms with E-state index in [4.69, 9.17) is 5.26 Å². The molecule has 2 amide bonds. The molecular weight excluding hydrogens is 370 g/mol. The van der Waals surface area contributed by atoms with Gasteiger partial charge in [-0.2, -0.15) is 5.26 Å². The van der Waals surface area contributed by atoms with E-state index in [1.807, 2.05) is 30.3 Å². The molecule has 1 fully saturated rings. The van der Waals surface area contributed by atoms with E-state index in [1.165, 1.54) is 0 Å². The number of anilines is 2. The molecule has 0 unspecified atom stereocenters. The molecule has 2 aromatic rings. The molecule has 0 atom stereocenters. The van der Waals surface area contributed by atoms with Gasteiger partial charge in [-0.15, -0.1) is 0 Å². The molecule has 2 heterocycles. The molecule has 24 heavy (non-hydrogen) atoms. The Morgan fingerprint density at radius 3 is 2.42 bits per heavy atom. The largest absolute Gasteiger partial charge is 0.353 e. The Balaban J connectivity index is 1.55. The zero-order chi connectivity index (χ0) is 16.9. The average molecular weight is 386 g/mol. The Morgan fingerprint density at radius 2 is 1.83 bits per heavy atom. The maximum absolute atomic E-state index is 12.3. The number of piperazine rings is 1. The number of hydrogen-bond acceptors (Lipinski definition) is 4. The number of urea groups is 1. The lowest BCUT2D eigenvalue weighted by Gasteiger charge is -2.35. The van der Waals surface area contributed by atoms with Gasteiger partial charge >= 0.3 is 6.03 Å². The number of hydrogen-bond donors (Lipinski definition) is 1. The maximum atomic E-state index is 12.3. The normalized spacial score (nSPS) is 14.2. The number of rotatable bonds is 2. The fourth-order valence-electron chi connectivity index (χ4n) is 2.51. The van der Waals surface area contributed by atoms with Crippen LogP contribution in [0.3, 0.4) is 0 Å². The zero-order valence-corrected chi connectivity index (χ0v) is 14.5. The molecule has 0 bridgehead atoms. The predicted molar refractivity (Wildman–Crippen MR) is 95.9 cm³/mol. The summed E-state index contributed by atoms with van der Waals surface area (Å²) in [4.78, 5) is 20.5. The first-order valence-electron chi connectivity index (χ1n) is 7.58. The molecule has 0 aliphatic carbocycles. The highest BCUT2D eigenvalue weighted by molar-refractivity contribution is 9.10. The second-order valence-corrected chi connectivity index (χ2v) is 6.34. The van der Waals surface area contributed by atoms with E-state index in [0.29, 0.717) is 31.7 Å². The van der Waals surface area contributed by atoms with Crippen LogP contribution in [0.2, 0.25) is 0 Å². The summed E-state index contributed by atoms with van der Waals surface area (Å²) in [6.07, 6.45) is 1.57. The van der Waals surface area contributed by atoms with Crippen molar-refractivity contribution < 1.29 is 4.79 Å². The van der Waals surface area contributed by atoms with E-state index in [1.54, 1.807) is 17.2 Å². The SMILES string of the molecule is N#Cc1ccc(N2CCN(C(=O)Nc3ccc(Br)cc3)CC2)nc1. The monoisotopic (exact) mass is 385 g/mol. The Kier molecular flexibility index (Phi) is 4.96. The summed E-state index contributed by atoms with van der Waals surface area (Å²) >= 11 is 3.37. The minimum atomic E-state index is -0.0928. The fourth-order valence-corrected chi connectivity index (χ4v) is 2.78. The topological polar surface area (TPSA) is 72.3 Å². The van der Waals surface area contributed by atoms with Crippen LogP contribution in [-0.4, -0.2) is 42.1 Å². The van der Waals surface area contributed by atoms with E-state index in [0.717, 1.165) is 16.0 Å². The molecule has 1 aliphatic heterocycles. The number of nitriles is 1. The molecule has 0 radical (unpaired) electrons.